The van der Waals surface area contributed by atoms with Crippen LogP contribution >= 0.6 is 0 Å². The minimum absolute atomic E-state index is 0.0361. The van der Waals surface area contributed by atoms with Crippen LogP contribution in [-0.4, -0.2) is 44.0 Å². The van der Waals surface area contributed by atoms with Crippen LogP contribution in [0.1, 0.15) is 20.3 Å². The van der Waals surface area contributed by atoms with E-state index in [0.29, 0.717) is 12.5 Å². The first kappa shape index (κ1) is 13.4. The predicted molar refractivity (Wildman–Crippen MR) is 59.0 cm³/mol. The van der Waals surface area contributed by atoms with Gasteiger partial charge in [0.05, 0.1) is 6.04 Å². The number of hydrogen-bond donors (Lipinski definition) is 2. The molecule has 14 heavy (non-hydrogen) atoms. The van der Waals surface area contributed by atoms with Crippen molar-refractivity contribution >= 4 is 5.91 Å². The van der Waals surface area contributed by atoms with Crippen LogP contribution in [0.15, 0.2) is 0 Å². The summed E-state index contributed by atoms with van der Waals surface area (Å²) in [4.78, 5) is 13.3. The SMILES string of the molecule is CNCCN(C)C(=O)[C@@H](N)CC(C)C. The number of likely N-dealkylation sites (N-methyl/N-ethyl adjacent to an activating group) is 2. The summed E-state index contributed by atoms with van der Waals surface area (Å²) < 4.78 is 0. The van der Waals surface area contributed by atoms with E-state index in [4.69, 9.17) is 5.73 Å². The first-order valence-corrected chi connectivity index (χ1v) is 5.14. The average Bonchev–Trinajstić information content (AvgIpc) is 2.11. The number of nitrogens with one attached hydrogen (secondary N) is 1. The molecule has 1 atom stereocenters. The van der Waals surface area contributed by atoms with E-state index < -0.39 is 0 Å². The molecular weight excluding hydrogens is 178 g/mol. The number of carbonyl (C=O) groups excluding carboxylic acids is 1. The molecule has 0 aliphatic heterocycles. The summed E-state index contributed by atoms with van der Waals surface area (Å²) in [6, 6.07) is -0.350. The van der Waals surface area contributed by atoms with E-state index in [2.05, 4.69) is 19.2 Å². The zero-order valence-electron chi connectivity index (χ0n) is 9.71. The molecule has 0 fully saturated rings. The monoisotopic (exact) mass is 201 g/mol. The summed E-state index contributed by atoms with van der Waals surface area (Å²) in [7, 11) is 3.66. The summed E-state index contributed by atoms with van der Waals surface area (Å²) in [5, 5.41) is 3.00. The fraction of sp³-hybridized carbons (Fsp3) is 0.900. The second kappa shape index (κ2) is 6.79. The van der Waals surface area contributed by atoms with E-state index in [1.165, 1.54) is 0 Å². The molecule has 4 nitrogen and oxygen atoms in total. The van der Waals surface area contributed by atoms with Gasteiger partial charge in [0, 0.05) is 20.1 Å². The number of nitrogens with two attached hydrogens (primary N) is 1. The Morgan fingerprint density at radius 2 is 2.07 bits per heavy atom. The van der Waals surface area contributed by atoms with Crippen molar-refractivity contribution in [3.63, 3.8) is 0 Å². The zero-order valence-corrected chi connectivity index (χ0v) is 9.71. The molecular formula is C10H23N3O. The highest BCUT2D eigenvalue weighted by Gasteiger charge is 2.18. The molecule has 3 N–H and O–H groups in total. The van der Waals surface area contributed by atoms with Crippen molar-refractivity contribution in [3.05, 3.63) is 0 Å². The number of rotatable bonds is 6. The maximum absolute atomic E-state index is 11.7. The third-order valence-electron chi connectivity index (χ3n) is 2.12. The zero-order chi connectivity index (χ0) is 11.1. The Bertz CT molecular complexity index is 171. The van der Waals surface area contributed by atoms with Crippen LogP contribution in [0, 0.1) is 5.92 Å². The van der Waals surface area contributed by atoms with Crippen LogP contribution in [0.5, 0.6) is 0 Å². The van der Waals surface area contributed by atoms with E-state index in [1.54, 1.807) is 11.9 Å². The fourth-order valence-corrected chi connectivity index (χ4v) is 1.28. The van der Waals surface area contributed by atoms with Crippen molar-refractivity contribution in [2.45, 2.75) is 26.3 Å². The molecule has 0 radical (unpaired) electrons. The van der Waals surface area contributed by atoms with Gasteiger partial charge in [-0.15, -0.1) is 0 Å². The first-order chi connectivity index (χ1) is 6.49. The van der Waals surface area contributed by atoms with Crippen molar-refractivity contribution in [2.75, 3.05) is 27.2 Å². The molecule has 0 aliphatic carbocycles. The van der Waals surface area contributed by atoms with Gasteiger partial charge in [-0.2, -0.15) is 0 Å². The van der Waals surface area contributed by atoms with Gasteiger partial charge >= 0.3 is 0 Å². The summed E-state index contributed by atoms with van der Waals surface area (Å²) in [5.74, 6) is 0.501. The highest BCUT2D eigenvalue weighted by Crippen LogP contribution is 2.04. The van der Waals surface area contributed by atoms with Gasteiger partial charge in [-0.25, -0.2) is 0 Å². The van der Waals surface area contributed by atoms with Crippen LogP contribution in [-0.2, 0) is 4.79 Å². The van der Waals surface area contributed by atoms with E-state index in [-0.39, 0.29) is 11.9 Å². The maximum atomic E-state index is 11.7. The van der Waals surface area contributed by atoms with E-state index in [9.17, 15) is 4.79 Å². The predicted octanol–water partition coefficient (Wildman–Crippen LogP) is 0.0376. The Kier molecular flexibility index (Phi) is 6.49. The lowest BCUT2D eigenvalue weighted by Gasteiger charge is -2.22. The van der Waals surface area contributed by atoms with Crippen LogP contribution in [0.2, 0.25) is 0 Å². The molecule has 0 aromatic heterocycles. The van der Waals surface area contributed by atoms with Crippen LogP contribution < -0.4 is 11.1 Å². The third kappa shape index (κ3) is 5.19. The highest BCUT2D eigenvalue weighted by atomic mass is 16.2. The Hall–Kier alpha value is -0.610. The summed E-state index contributed by atoms with van der Waals surface area (Å²) in [6.45, 7) is 5.65. The highest BCUT2D eigenvalue weighted by molar-refractivity contribution is 5.81. The van der Waals surface area contributed by atoms with Gasteiger partial charge < -0.3 is 16.0 Å². The number of amides is 1. The van der Waals surface area contributed by atoms with Crippen molar-refractivity contribution in [2.24, 2.45) is 11.7 Å². The number of hydrogen-bond acceptors (Lipinski definition) is 3. The molecule has 0 aromatic rings. The molecule has 0 rings (SSSR count). The van der Waals surface area contributed by atoms with Gasteiger partial charge in [-0.1, -0.05) is 13.8 Å². The molecule has 0 bridgehead atoms. The third-order valence-corrected chi connectivity index (χ3v) is 2.12. The van der Waals surface area contributed by atoms with E-state index in [0.717, 1.165) is 13.0 Å². The Balaban J connectivity index is 3.91. The fourth-order valence-electron chi connectivity index (χ4n) is 1.28. The minimum Gasteiger partial charge on any atom is -0.343 e. The molecule has 84 valence electrons. The summed E-state index contributed by atoms with van der Waals surface area (Å²) >= 11 is 0. The number of carbonyl (C=O) groups is 1. The Morgan fingerprint density at radius 1 is 1.50 bits per heavy atom. The molecule has 0 heterocycles. The quantitative estimate of drug-likeness (QED) is 0.638. The molecule has 4 heteroatoms. The summed E-state index contributed by atoms with van der Waals surface area (Å²) in [6.07, 6.45) is 0.753. The van der Waals surface area contributed by atoms with Gasteiger partial charge in [0.2, 0.25) is 5.91 Å². The smallest absolute Gasteiger partial charge is 0.239 e. The standard InChI is InChI=1S/C10H23N3O/c1-8(2)7-9(11)10(14)13(4)6-5-12-3/h8-9,12H,5-7,11H2,1-4H3/t9-/m0/s1. The normalized spacial score (nSPS) is 13.0. The molecule has 0 aliphatic rings. The van der Waals surface area contributed by atoms with E-state index in [1.807, 2.05) is 7.05 Å². The Morgan fingerprint density at radius 3 is 2.50 bits per heavy atom. The van der Waals surface area contributed by atoms with Gasteiger partial charge in [0.1, 0.15) is 0 Å². The van der Waals surface area contributed by atoms with Crippen molar-refractivity contribution < 1.29 is 4.79 Å². The molecule has 0 aromatic carbocycles. The number of nitrogens with zero attached hydrogens (tertiary/aromatic N) is 1. The van der Waals surface area contributed by atoms with Crippen molar-refractivity contribution in [1.82, 2.24) is 10.2 Å². The van der Waals surface area contributed by atoms with Gasteiger partial charge in [-0.3, -0.25) is 4.79 Å². The Labute approximate surface area is 86.8 Å². The summed E-state index contributed by atoms with van der Waals surface area (Å²) in [5.41, 5.74) is 5.78. The van der Waals surface area contributed by atoms with Gasteiger partial charge in [0.15, 0.2) is 0 Å². The molecule has 0 saturated heterocycles. The van der Waals surface area contributed by atoms with E-state index >= 15 is 0 Å². The minimum atomic E-state index is -0.350. The van der Waals surface area contributed by atoms with Gasteiger partial charge in [0.25, 0.3) is 0 Å². The van der Waals surface area contributed by atoms with Crippen molar-refractivity contribution in [1.29, 1.82) is 0 Å². The van der Waals surface area contributed by atoms with Crippen molar-refractivity contribution in [3.8, 4) is 0 Å². The lowest BCUT2D eigenvalue weighted by atomic mass is 10.0. The first-order valence-electron chi connectivity index (χ1n) is 5.14. The van der Waals surface area contributed by atoms with Crippen LogP contribution in [0.4, 0.5) is 0 Å². The molecule has 0 unspecified atom stereocenters. The maximum Gasteiger partial charge on any atom is 0.239 e. The lowest BCUT2D eigenvalue weighted by molar-refractivity contribution is -0.131. The largest absolute Gasteiger partial charge is 0.343 e. The topological polar surface area (TPSA) is 58.4 Å². The lowest BCUT2D eigenvalue weighted by Crippen LogP contribution is -2.44. The molecule has 0 spiro atoms. The van der Waals surface area contributed by atoms with Crippen LogP contribution in [0.25, 0.3) is 0 Å². The second-order valence-corrected chi connectivity index (χ2v) is 4.10. The second-order valence-electron chi connectivity index (χ2n) is 4.10. The average molecular weight is 201 g/mol. The van der Waals surface area contributed by atoms with Crippen LogP contribution in [0.3, 0.4) is 0 Å². The van der Waals surface area contributed by atoms with Gasteiger partial charge in [-0.05, 0) is 19.4 Å². The molecule has 0 saturated carbocycles. The molecule has 1 amide bonds.